The fourth-order valence-electron chi connectivity index (χ4n) is 5.32. The van der Waals surface area contributed by atoms with Crippen molar-refractivity contribution in [2.75, 3.05) is 6.61 Å². The molecule has 0 saturated carbocycles. The molecular weight excluding hydrogens is 490 g/mol. The maximum Gasteiger partial charge on any atom is 0.366 e. The average molecular weight is 519 g/mol. The molecular formula is C21H29NO14. The minimum atomic E-state index is -4.22. The van der Waals surface area contributed by atoms with Gasteiger partial charge in [0.2, 0.25) is 11.8 Å². The van der Waals surface area contributed by atoms with Gasteiger partial charge in [0.1, 0.15) is 18.3 Å². The molecule has 1 heterocycles. The SMILES string of the molecule is CC(=O)N(C(C)=O)[C@@]1(C(C)=O)[C@H]([C@H](O)[C@H](O)CO)OC(O)(C(=O)O)C(C(C)=O)(C(C)=O)[C@@]1(O)C(C)=O. The monoisotopic (exact) mass is 519 g/mol. The Balaban J connectivity index is 4.78. The van der Waals surface area contributed by atoms with E-state index in [1.807, 2.05) is 0 Å². The summed E-state index contributed by atoms with van der Waals surface area (Å²) in [4.78, 5) is 90.3. The van der Waals surface area contributed by atoms with Crippen LogP contribution in [-0.2, 0) is 38.3 Å². The van der Waals surface area contributed by atoms with Crippen molar-refractivity contribution in [3.8, 4) is 0 Å². The number of carbonyl (C=O) groups excluding carboxylic acids is 6. The molecule has 1 aliphatic rings. The fourth-order valence-corrected chi connectivity index (χ4v) is 5.32. The Morgan fingerprint density at radius 3 is 1.47 bits per heavy atom. The number of imide groups is 1. The molecule has 202 valence electrons. The lowest BCUT2D eigenvalue weighted by atomic mass is 9.48. The standard InChI is InChI=1S/C21H29NO14/c1-8(24)18(9(2)25)20(34,11(4)27)19(10(3)26,22(12(5)28)13(6)29)16(15(31)14(30)7-23)36-21(18,35)17(32)33/h14-16,23,30-31,34-35H,7H2,1-6H3,(H,32,33)/t14-,15-,16+,19+,20+,21?/m1/s1. The van der Waals surface area contributed by atoms with E-state index in [0.29, 0.717) is 41.5 Å². The molecule has 6 N–H and O–H groups in total. The first-order chi connectivity index (χ1) is 16.2. The highest BCUT2D eigenvalue weighted by atomic mass is 16.7. The fraction of sp³-hybridized carbons (Fsp3) is 0.667. The van der Waals surface area contributed by atoms with E-state index in [-0.39, 0.29) is 4.90 Å². The zero-order valence-electron chi connectivity index (χ0n) is 20.3. The first-order valence-electron chi connectivity index (χ1n) is 10.4. The van der Waals surface area contributed by atoms with E-state index in [1.54, 1.807) is 0 Å². The van der Waals surface area contributed by atoms with Crippen molar-refractivity contribution in [1.82, 2.24) is 4.90 Å². The lowest BCUT2D eigenvalue weighted by Gasteiger charge is -2.65. The number of ketones is 4. The van der Waals surface area contributed by atoms with Gasteiger partial charge in [0.15, 0.2) is 39.7 Å². The van der Waals surface area contributed by atoms with Crippen LogP contribution in [0.2, 0.25) is 0 Å². The van der Waals surface area contributed by atoms with Crippen LogP contribution in [0.3, 0.4) is 0 Å². The van der Waals surface area contributed by atoms with Crippen molar-refractivity contribution in [3.05, 3.63) is 0 Å². The number of carboxylic acid groups (broad SMARTS) is 1. The van der Waals surface area contributed by atoms with Crippen LogP contribution in [-0.4, -0.2) is 118 Å². The molecule has 0 aromatic heterocycles. The van der Waals surface area contributed by atoms with Crippen molar-refractivity contribution in [3.63, 3.8) is 0 Å². The van der Waals surface area contributed by atoms with Crippen LogP contribution in [0.4, 0.5) is 0 Å². The summed E-state index contributed by atoms with van der Waals surface area (Å²) in [5, 5.41) is 63.4. The number of Topliss-reactive ketones (excluding diaryl/α,β-unsaturated/α-hetero) is 4. The Bertz CT molecular complexity index is 994. The second-order valence-electron chi connectivity index (χ2n) is 8.55. The minimum Gasteiger partial charge on any atom is -0.477 e. The summed E-state index contributed by atoms with van der Waals surface area (Å²) in [6, 6.07) is 0. The molecule has 0 aromatic carbocycles. The highest BCUT2D eigenvalue weighted by molar-refractivity contribution is 6.20. The highest BCUT2D eigenvalue weighted by Crippen LogP contribution is 2.59. The van der Waals surface area contributed by atoms with E-state index in [1.165, 1.54) is 0 Å². The smallest absolute Gasteiger partial charge is 0.366 e. The predicted molar refractivity (Wildman–Crippen MR) is 113 cm³/mol. The van der Waals surface area contributed by atoms with Crippen molar-refractivity contribution < 1.29 is 68.9 Å². The normalized spacial score (nSPS) is 31.0. The van der Waals surface area contributed by atoms with Crippen LogP contribution in [0.25, 0.3) is 0 Å². The quantitative estimate of drug-likeness (QED) is 0.159. The van der Waals surface area contributed by atoms with Gasteiger partial charge >= 0.3 is 5.97 Å². The molecule has 0 spiro atoms. The molecule has 2 amide bonds. The Morgan fingerprint density at radius 2 is 1.22 bits per heavy atom. The second kappa shape index (κ2) is 9.84. The summed E-state index contributed by atoms with van der Waals surface area (Å²) in [5.41, 5.74) is -11.6. The van der Waals surface area contributed by atoms with Crippen molar-refractivity contribution >= 4 is 40.9 Å². The van der Waals surface area contributed by atoms with Crippen LogP contribution >= 0.6 is 0 Å². The van der Waals surface area contributed by atoms with Gasteiger partial charge in [0.25, 0.3) is 5.79 Å². The summed E-state index contributed by atoms with van der Waals surface area (Å²) < 4.78 is 5.08. The van der Waals surface area contributed by atoms with Crippen molar-refractivity contribution in [1.29, 1.82) is 0 Å². The first-order valence-corrected chi connectivity index (χ1v) is 10.4. The largest absolute Gasteiger partial charge is 0.477 e. The molecule has 0 aliphatic carbocycles. The summed E-state index contributed by atoms with van der Waals surface area (Å²) >= 11 is 0. The third kappa shape index (κ3) is 3.54. The van der Waals surface area contributed by atoms with Gasteiger partial charge in [-0.15, -0.1) is 0 Å². The van der Waals surface area contributed by atoms with Gasteiger partial charge in [-0.1, -0.05) is 0 Å². The molecule has 15 nitrogen and oxygen atoms in total. The van der Waals surface area contributed by atoms with E-state index in [4.69, 9.17) is 4.74 Å². The number of carboxylic acids is 1. The van der Waals surface area contributed by atoms with Gasteiger partial charge < -0.3 is 35.4 Å². The van der Waals surface area contributed by atoms with E-state index in [0.717, 1.165) is 0 Å². The summed E-state index contributed by atoms with van der Waals surface area (Å²) in [6.45, 7) is 1.96. The van der Waals surface area contributed by atoms with Gasteiger partial charge in [0.05, 0.1) is 6.61 Å². The molecule has 0 aromatic rings. The van der Waals surface area contributed by atoms with Crippen LogP contribution in [0.15, 0.2) is 0 Å². The molecule has 0 radical (unpaired) electrons. The summed E-state index contributed by atoms with van der Waals surface area (Å²) in [6.07, 6.45) is -7.97. The number of hydrogen-bond donors (Lipinski definition) is 6. The number of nitrogens with zero attached hydrogens (tertiary/aromatic N) is 1. The zero-order chi connectivity index (χ0) is 28.8. The van der Waals surface area contributed by atoms with Gasteiger partial charge in [-0.2, -0.15) is 0 Å². The maximum atomic E-state index is 13.4. The highest BCUT2D eigenvalue weighted by Gasteiger charge is 2.89. The molecule has 36 heavy (non-hydrogen) atoms. The molecule has 1 aliphatic heterocycles. The molecule has 1 fully saturated rings. The van der Waals surface area contributed by atoms with Gasteiger partial charge in [-0.05, 0) is 27.7 Å². The van der Waals surface area contributed by atoms with Crippen LogP contribution in [0.5, 0.6) is 0 Å². The number of aliphatic carboxylic acids is 1. The van der Waals surface area contributed by atoms with E-state index >= 15 is 0 Å². The number of rotatable bonds is 9. The van der Waals surface area contributed by atoms with Gasteiger partial charge in [0, 0.05) is 13.8 Å². The van der Waals surface area contributed by atoms with Crippen molar-refractivity contribution in [2.45, 2.75) is 76.8 Å². The Kier molecular flexibility index (Phi) is 8.49. The molecule has 0 bridgehead atoms. The Hall–Kier alpha value is -2.95. The van der Waals surface area contributed by atoms with Gasteiger partial charge in [-0.25, -0.2) is 4.79 Å². The zero-order valence-corrected chi connectivity index (χ0v) is 20.3. The predicted octanol–water partition coefficient (Wildman–Crippen LogP) is -3.92. The molecule has 1 unspecified atom stereocenters. The Labute approximate surface area is 204 Å². The summed E-state index contributed by atoms with van der Waals surface area (Å²) in [5.74, 6) is -16.4. The van der Waals surface area contributed by atoms with Crippen LogP contribution < -0.4 is 0 Å². The molecule has 1 rings (SSSR count). The topological polar surface area (TPSA) is 253 Å². The van der Waals surface area contributed by atoms with E-state index in [2.05, 4.69) is 0 Å². The lowest BCUT2D eigenvalue weighted by Crippen LogP contribution is -2.93. The van der Waals surface area contributed by atoms with E-state index < -0.39 is 88.2 Å². The number of ether oxygens (including phenoxy) is 1. The van der Waals surface area contributed by atoms with Gasteiger partial charge in [-0.3, -0.25) is 33.7 Å². The second-order valence-corrected chi connectivity index (χ2v) is 8.55. The lowest BCUT2D eigenvalue weighted by molar-refractivity contribution is -0.367. The maximum absolute atomic E-state index is 13.4. The van der Waals surface area contributed by atoms with E-state index in [9.17, 15) is 64.2 Å². The molecule has 15 heteroatoms. The summed E-state index contributed by atoms with van der Waals surface area (Å²) in [7, 11) is 0. The minimum absolute atomic E-state index is 0.128. The number of aliphatic hydroxyl groups excluding tert-OH is 3. The third-order valence-electron chi connectivity index (χ3n) is 6.58. The van der Waals surface area contributed by atoms with Crippen LogP contribution in [0, 0.1) is 5.41 Å². The van der Waals surface area contributed by atoms with Crippen molar-refractivity contribution in [2.24, 2.45) is 5.41 Å². The number of carbonyl (C=O) groups is 7. The number of hydrogen-bond acceptors (Lipinski definition) is 13. The Morgan fingerprint density at radius 1 is 0.806 bits per heavy atom. The third-order valence-corrected chi connectivity index (χ3v) is 6.58. The molecule has 1 saturated heterocycles. The number of amides is 2. The number of aliphatic hydroxyl groups is 5. The first kappa shape index (κ1) is 31.1. The average Bonchev–Trinajstić information content (AvgIpc) is 2.72. The van der Waals surface area contributed by atoms with Crippen LogP contribution in [0.1, 0.15) is 41.5 Å². The molecule has 6 atom stereocenters.